The SMILES string of the molecule is CCOC(=O)C1=C(Cl)CNC(Cl)=N1. The Hall–Kier alpha value is -0.740. The molecule has 72 valence electrons. The first kappa shape index (κ1) is 10.3. The lowest BCUT2D eigenvalue weighted by atomic mass is 10.3. The number of hydrogen-bond donors (Lipinski definition) is 1. The van der Waals surface area contributed by atoms with Crippen LogP contribution in [0.3, 0.4) is 0 Å². The van der Waals surface area contributed by atoms with Crippen molar-refractivity contribution in [2.24, 2.45) is 4.99 Å². The number of carbonyl (C=O) groups excluding carboxylic acids is 1. The van der Waals surface area contributed by atoms with Crippen LogP contribution in [-0.2, 0) is 9.53 Å². The summed E-state index contributed by atoms with van der Waals surface area (Å²) < 4.78 is 4.73. The number of rotatable bonds is 2. The number of nitrogens with one attached hydrogen (secondary N) is 1. The highest BCUT2D eigenvalue weighted by Crippen LogP contribution is 2.16. The van der Waals surface area contributed by atoms with E-state index in [1.54, 1.807) is 6.92 Å². The average molecular weight is 223 g/mol. The standard InChI is InChI=1S/C7H8Cl2N2O2/c1-2-13-6(12)5-4(8)3-10-7(9)11-5/h2-3H2,1H3,(H,10,11). The van der Waals surface area contributed by atoms with E-state index in [4.69, 9.17) is 27.9 Å². The van der Waals surface area contributed by atoms with E-state index in [1.165, 1.54) is 0 Å². The van der Waals surface area contributed by atoms with Crippen molar-refractivity contribution in [2.45, 2.75) is 6.92 Å². The van der Waals surface area contributed by atoms with Crippen molar-refractivity contribution < 1.29 is 9.53 Å². The minimum Gasteiger partial charge on any atom is -0.461 e. The molecule has 0 aromatic heterocycles. The predicted molar refractivity (Wildman–Crippen MR) is 50.8 cm³/mol. The van der Waals surface area contributed by atoms with E-state index in [-0.39, 0.29) is 17.6 Å². The number of amidine groups is 1. The quantitative estimate of drug-likeness (QED) is 0.565. The number of nitrogens with zero attached hydrogens (tertiary/aromatic N) is 1. The molecule has 6 heteroatoms. The summed E-state index contributed by atoms with van der Waals surface area (Å²) >= 11 is 11.3. The summed E-state index contributed by atoms with van der Waals surface area (Å²) in [5, 5.41) is 3.13. The van der Waals surface area contributed by atoms with Gasteiger partial charge in [0.1, 0.15) is 0 Å². The van der Waals surface area contributed by atoms with Crippen molar-refractivity contribution in [3.8, 4) is 0 Å². The topological polar surface area (TPSA) is 50.7 Å². The van der Waals surface area contributed by atoms with Crippen LogP contribution in [0.5, 0.6) is 0 Å². The molecule has 0 spiro atoms. The lowest BCUT2D eigenvalue weighted by Gasteiger charge is -2.12. The minimum atomic E-state index is -0.549. The lowest BCUT2D eigenvalue weighted by molar-refractivity contribution is -0.138. The van der Waals surface area contributed by atoms with Crippen LogP contribution in [0.4, 0.5) is 0 Å². The molecule has 1 aliphatic rings. The number of carbonyl (C=O) groups is 1. The van der Waals surface area contributed by atoms with E-state index in [0.717, 1.165) is 0 Å². The maximum Gasteiger partial charge on any atom is 0.358 e. The Morgan fingerprint density at radius 3 is 3.00 bits per heavy atom. The Morgan fingerprint density at radius 1 is 1.69 bits per heavy atom. The molecule has 0 aliphatic carbocycles. The van der Waals surface area contributed by atoms with Gasteiger partial charge in [0.25, 0.3) is 0 Å². The number of halogens is 2. The fourth-order valence-corrected chi connectivity index (χ4v) is 1.13. The first-order chi connectivity index (χ1) is 6.15. The fourth-order valence-electron chi connectivity index (χ4n) is 0.788. The van der Waals surface area contributed by atoms with Crippen LogP contribution in [0.2, 0.25) is 0 Å². The molecule has 0 atom stereocenters. The second kappa shape index (κ2) is 4.48. The van der Waals surface area contributed by atoms with Crippen LogP contribution in [0.1, 0.15) is 6.92 Å². The van der Waals surface area contributed by atoms with Gasteiger partial charge in [-0.25, -0.2) is 9.79 Å². The summed E-state index contributed by atoms with van der Waals surface area (Å²) in [6.07, 6.45) is 0. The summed E-state index contributed by atoms with van der Waals surface area (Å²) in [6, 6.07) is 0. The molecule has 0 saturated carbocycles. The number of hydrogen-bond acceptors (Lipinski definition) is 4. The first-order valence-electron chi connectivity index (χ1n) is 3.69. The van der Waals surface area contributed by atoms with Gasteiger partial charge in [-0.15, -0.1) is 0 Å². The zero-order valence-corrected chi connectivity index (χ0v) is 8.45. The van der Waals surface area contributed by atoms with Crippen molar-refractivity contribution in [1.82, 2.24) is 5.32 Å². The Labute approximate surface area is 85.6 Å². The second-order valence-corrected chi connectivity index (χ2v) is 3.04. The van der Waals surface area contributed by atoms with Crippen LogP contribution in [0.15, 0.2) is 15.7 Å². The van der Waals surface area contributed by atoms with E-state index in [2.05, 4.69) is 10.3 Å². The van der Waals surface area contributed by atoms with Gasteiger partial charge in [-0.05, 0) is 18.5 Å². The number of ether oxygens (including phenoxy) is 1. The Morgan fingerprint density at radius 2 is 2.38 bits per heavy atom. The number of esters is 1. The monoisotopic (exact) mass is 222 g/mol. The summed E-state index contributed by atoms with van der Waals surface area (Å²) in [7, 11) is 0. The lowest BCUT2D eigenvalue weighted by Crippen LogP contribution is -2.26. The smallest absolute Gasteiger partial charge is 0.358 e. The zero-order valence-electron chi connectivity index (χ0n) is 6.93. The van der Waals surface area contributed by atoms with Gasteiger partial charge < -0.3 is 10.1 Å². The Kier molecular flexibility index (Phi) is 3.57. The molecule has 4 nitrogen and oxygen atoms in total. The third kappa shape index (κ3) is 2.60. The van der Waals surface area contributed by atoms with E-state index in [0.29, 0.717) is 11.6 Å². The van der Waals surface area contributed by atoms with Crippen molar-refractivity contribution in [3.05, 3.63) is 10.7 Å². The van der Waals surface area contributed by atoms with Gasteiger partial charge >= 0.3 is 5.97 Å². The molecular formula is C7H8Cl2N2O2. The van der Waals surface area contributed by atoms with E-state index >= 15 is 0 Å². The fraction of sp³-hybridized carbons (Fsp3) is 0.429. The molecule has 0 aromatic carbocycles. The molecule has 0 amide bonds. The van der Waals surface area contributed by atoms with Crippen LogP contribution in [0.25, 0.3) is 0 Å². The largest absolute Gasteiger partial charge is 0.461 e. The Bertz CT molecular complexity index is 286. The maximum atomic E-state index is 11.2. The van der Waals surface area contributed by atoms with Crippen LogP contribution in [-0.4, -0.2) is 24.4 Å². The summed E-state index contributed by atoms with van der Waals surface area (Å²) in [4.78, 5) is 14.9. The normalized spacial score (nSPS) is 16.4. The zero-order chi connectivity index (χ0) is 9.84. The molecule has 0 fully saturated rings. The molecule has 1 rings (SSSR count). The van der Waals surface area contributed by atoms with Gasteiger partial charge in [-0.3, -0.25) is 0 Å². The van der Waals surface area contributed by atoms with E-state index in [9.17, 15) is 4.79 Å². The first-order valence-corrected chi connectivity index (χ1v) is 4.44. The minimum absolute atomic E-state index is 0.0762. The summed E-state index contributed by atoms with van der Waals surface area (Å²) in [6.45, 7) is 2.30. The average Bonchev–Trinajstić information content (AvgIpc) is 2.09. The van der Waals surface area contributed by atoms with Gasteiger partial charge in [0, 0.05) is 0 Å². The third-order valence-electron chi connectivity index (χ3n) is 1.33. The highest BCUT2D eigenvalue weighted by molar-refractivity contribution is 6.65. The van der Waals surface area contributed by atoms with Gasteiger partial charge in [0.15, 0.2) is 11.0 Å². The van der Waals surface area contributed by atoms with E-state index < -0.39 is 5.97 Å². The molecule has 1 N–H and O–H groups in total. The third-order valence-corrected chi connectivity index (χ3v) is 1.86. The predicted octanol–water partition coefficient (Wildman–Crippen LogP) is 1.20. The van der Waals surface area contributed by atoms with Crippen molar-refractivity contribution in [3.63, 3.8) is 0 Å². The Balaban J connectivity index is 2.82. The molecule has 0 radical (unpaired) electrons. The highest BCUT2D eigenvalue weighted by atomic mass is 35.5. The van der Waals surface area contributed by atoms with Crippen LogP contribution in [0, 0.1) is 0 Å². The van der Waals surface area contributed by atoms with Crippen molar-refractivity contribution >= 4 is 34.5 Å². The molecular weight excluding hydrogens is 215 g/mol. The van der Waals surface area contributed by atoms with Gasteiger partial charge in [-0.2, -0.15) is 0 Å². The van der Waals surface area contributed by atoms with Gasteiger partial charge in [0.05, 0.1) is 18.2 Å². The molecule has 13 heavy (non-hydrogen) atoms. The second-order valence-electron chi connectivity index (χ2n) is 2.23. The van der Waals surface area contributed by atoms with Gasteiger partial charge in [0.2, 0.25) is 0 Å². The highest BCUT2D eigenvalue weighted by Gasteiger charge is 2.19. The van der Waals surface area contributed by atoms with Crippen LogP contribution >= 0.6 is 23.2 Å². The maximum absolute atomic E-state index is 11.2. The molecule has 0 unspecified atom stereocenters. The summed E-state index contributed by atoms with van der Waals surface area (Å²) in [5.74, 6) is -0.549. The molecule has 0 saturated heterocycles. The molecule has 0 aromatic rings. The van der Waals surface area contributed by atoms with Crippen LogP contribution < -0.4 is 5.32 Å². The van der Waals surface area contributed by atoms with E-state index in [1.807, 2.05) is 0 Å². The van der Waals surface area contributed by atoms with Crippen molar-refractivity contribution in [2.75, 3.05) is 13.2 Å². The van der Waals surface area contributed by atoms with Gasteiger partial charge in [-0.1, -0.05) is 11.6 Å². The molecule has 1 aliphatic heterocycles. The molecule has 0 bridgehead atoms. The number of aliphatic imine (C=N–C) groups is 1. The summed E-state index contributed by atoms with van der Waals surface area (Å²) in [5.41, 5.74) is 0.0762. The molecule has 1 heterocycles. The van der Waals surface area contributed by atoms with Crippen molar-refractivity contribution in [1.29, 1.82) is 0 Å².